The van der Waals surface area contributed by atoms with Crippen LogP contribution >= 0.6 is 0 Å². The van der Waals surface area contributed by atoms with Crippen molar-refractivity contribution in [3.05, 3.63) is 81.9 Å². The zero-order valence-electron chi connectivity index (χ0n) is 13.4. The van der Waals surface area contributed by atoms with Crippen molar-refractivity contribution in [2.45, 2.75) is 19.3 Å². The van der Waals surface area contributed by atoms with E-state index in [1.165, 1.54) is 0 Å². The Morgan fingerprint density at radius 3 is 2.04 bits per heavy atom. The van der Waals surface area contributed by atoms with Crippen LogP contribution in [0.25, 0.3) is 0 Å². The predicted molar refractivity (Wildman–Crippen MR) is 90.6 cm³/mol. The number of ketones is 2. The van der Waals surface area contributed by atoms with E-state index in [4.69, 9.17) is 0 Å². The molecule has 0 radical (unpaired) electrons. The average Bonchev–Trinajstić information content (AvgIpc) is 2.62. The summed E-state index contributed by atoms with van der Waals surface area (Å²) in [5, 5.41) is 11.1. The van der Waals surface area contributed by atoms with Gasteiger partial charge in [0, 0.05) is 16.9 Å². The molecule has 0 heterocycles. The Morgan fingerprint density at radius 1 is 1.00 bits per heavy atom. The number of nitrogens with zero attached hydrogens (tertiary/aromatic N) is 1. The highest BCUT2D eigenvalue weighted by molar-refractivity contribution is 6.11. The van der Waals surface area contributed by atoms with Gasteiger partial charge in [-0.3, -0.25) is 19.7 Å². The molecule has 2 aromatic rings. The third-order valence-corrected chi connectivity index (χ3v) is 4.01. The van der Waals surface area contributed by atoms with Crippen LogP contribution < -0.4 is 0 Å². The summed E-state index contributed by atoms with van der Waals surface area (Å²) in [4.78, 5) is 36.1. The van der Waals surface area contributed by atoms with Gasteiger partial charge in [0.1, 0.15) is 5.78 Å². The average molecular weight is 325 g/mol. The van der Waals surface area contributed by atoms with Crippen LogP contribution in [-0.4, -0.2) is 23.0 Å². The van der Waals surface area contributed by atoms with E-state index in [0.29, 0.717) is 11.1 Å². The minimum absolute atomic E-state index is 0.157. The zero-order chi connectivity index (χ0) is 17.5. The lowest BCUT2D eigenvalue weighted by molar-refractivity contribution is -0.484. The molecule has 5 heteroatoms. The topological polar surface area (TPSA) is 77.3 Å². The fraction of sp³-hybridized carbons (Fsp3) is 0.263. The van der Waals surface area contributed by atoms with Gasteiger partial charge < -0.3 is 0 Å². The van der Waals surface area contributed by atoms with Crippen LogP contribution in [0.15, 0.2) is 60.7 Å². The van der Waals surface area contributed by atoms with Crippen LogP contribution in [0, 0.1) is 16.0 Å². The van der Waals surface area contributed by atoms with Crippen molar-refractivity contribution >= 4 is 11.6 Å². The molecule has 0 aliphatic rings. The van der Waals surface area contributed by atoms with Gasteiger partial charge >= 0.3 is 0 Å². The summed E-state index contributed by atoms with van der Waals surface area (Å²) in [7, 11) is 0. The summed E-state index contributed by atoms with van der Waals surface area (Å²) >= 11 is 0. The fourth-order valence-corrected chi connectivity index (χ4v) is 2.82. The summed E-state index contributed by atoms with van der Waals surface area (Å²) < 4.78 is 0. The Kier molecular flexibility index (Phi) is 5.95. The van der Waals surface area contributed by atoms with Crippen molar-refractivity contribution in [1.82, 2.24) is 0 Å². The minimum Gasteiger partial charge on any atom is -0.299 e. The number of nitro groups is 1. The van der Waals surface area contributed by atoms with Gasteiger partial charge in [0.25, 0.3) is 0 Å². The van der Waals surface area contributed by atoms with Gasteiger partial charge in [0.2, 0.25) is 6.54 Å². The molecule has 0 saturated heterocycles. The number of carbonyl (C=O) groups is 2. The van der Waals surface area contributed by atoms with E-state index in [2.05, 4.69) is 0 Å². The zero-order valence-corrected chi connectivity index (χ0v) is 13.4. The second-order valence-corrected chi connectivity index (χ2v) is 5.56. The number of benzene rings is 2. The normalized spacial score (nSPS) is 13.0. The highest BCUT2D eigenvalue weighted by Crippen LogP contribution is 2.30. The molecule has 5 nitrogen and oxygen atoms in total. The first-order chi connectivity index (χ1) is 11.5. The van der Waals surface area contributed by atoms with Crippen LogP contribution in [0.1, 0.15) is 35.2 Å². The second-order valence-electron chi connectivity index (χ2n) is 5.56. The fourth-order valence-electron chi connectivity index (χ4n) is 2.82. The number of hydrogen-bond acceptors (Lipinski definition) is 4. The lowest BCUT2D eigenvalue weighted by Crippen LogP contribution is -2.33. The van der Waals surface area contributed by atoms with E-state index in [9.17, 15) is 19.7 Å². The van der Waals surface area contributed by atoms with Gasteiger partial charge in [-0.2, -0.15) is 0 Å². The highest BCUT2D eigenvalue weighted by atomic mass is 16.6. The number of rotatable bonds is 8. The quantitative estimate of drug-likeness (QED) is 0.322. The lowest BCUT2D eigenvalue weighted by atomic mass is 9.78. The summed E-state index contributed by atoms with van der Waals surface area (Å²) in [6, 6.07) is 17.2. The molecule has 0 aromatic heterocycles. The van der Waals surface area contributed by atoms with Gasteiger partial charge in [-0.25, -0.2) is 0 Å². The number of Topliss-reactive ketones (excluding diaryl/α,β-unsaturated/α-hetero) is 2. The molecule has 0 bridgehead atoms. The molecule has 0 amide bonds. The molecule has 124 valence electrons. The summed E-state index contributed by atoms with van der Waals surface area (Å²) in [6.07, 6.45) is 0.157. The van der Waals surface area contributed by atoms with E-state index in [1.54, 1.807) is 67.6 Å². The van der Waals surface area contributed by atoms with E-state index >= 15 is 0 Å². The van der Waals surface area contributed by atoms with Crippen molar-refractivity contribution in [1.29, 1.82) is 0 Å². The van der Waals surface area contributed by atoms with Gasteiger partial charge in [-0.05, 0) is 5.56 Å². The maximum absolute atomic E-state index is 12.9. The summed E-state index contributed by atoms with van der Waals surface area (Å²) in [6.45, 7) is 1.21. The van der Waals surface area contributed by atoms with Crippen LogP contribution in [0.4, 0.5) is 0 Å². The largest absolute Gasteiger partial charge is 0.299 e. The first-order valence-corrected chi connectivity index (χ1v) is 7.83. The van der Waals surface area contributed by atoms with Gasteiger partial charge in [-0.15, -0.1) is 0 Å². The van der Waals surface area contributed by atoms with Crippen LogP contribution in [-0.2, 0) is 4.79 Å². The molecule has 0 spiro atoms. The van der Waals surface area contributed by atoms with Crippen molar-refractivity contribution in [2.24, 2.45) is 5.92 Å². The van der Waals surface area contributed by atoms with E-state index in [0.717, 1.165) is 0 Å². The standard InChI is InChI=1S/C19H19NO4/c1-2-17(21)18(19(22)15-11-7-4-8-12-15)16(13-20(23)24)14-9-5-3-6-10-14/h3-12,16,18H,2,13H2,1H3/t16-,18?/m1/s1. The third kappa shape index (κ3) is 4.13. The minimum atomic E-state index is -1.05. The summed E-state index contributed by atoms with van der Waals surface area (Å²) in [5.74, 6) is -2.47. The molecule has 0 saturated carbocycles. The van der Waals surface area contributed by atoms with Crippen LogP contribution in [0.5, 0.6) is 0 Å². The second kappa shape index (κ2) is 8.15. The Morgan fingerprint density at radius 2 is 1.54 bits per heavy atom. The first-order valence-electron chi connectivity index (χ1n) is 7.83. The van der Waals surface area contributed by atoms with Crippen LogP contribution in [0.3, 0.4) is 0 Å². The first kappa shape index (κ1) is 17.5. The molecule has 2 aromatic carbocycles. The van der Waals surface area contributed by atoms with E-state index in [-0.39, 0.29) is 18.0 Å². The Labute approximate surface area is 140 Å². The van der Waals surface area contributed by atoms with E-state index in [1.807, 2.05) is 0 Å². The monoisotopic (exact) mass is 325 g/mol. The third-order valence-electron chi connectivity index (χ3n) is 4.01. The molecular formula is C19H19NO4. The molecule has 2 rings (SSSR count). The molecule has 1 unspecified atom stereocenters. The molecular weight excluding hydrogens is 306 g/mol. The summed E-state index contributed by atoms with van der Waals surface area (Å²) in [5.41, 5.74) is 1.03. The van der Waals surface area contributed by atoms with Crippen molar-refractivity contribution in [2.75, 3.05) is 6.54 Å². The predicted octanol–water partition coefficient (Wildman–Crippen LogP) is 3.53. The number of hydrogen-bond donors (Lipinski definition) is 0. The smallest absolute Gasteiger partial charge is 0.211 e. The van der Waals surface area contributed by atoms with Crippen molar-refractivity contribution in [3.63, 3.8) is 0 Å². The lowest BCUT2D eigenvalue weighted by Gasteiger charge is -2.22. The molecule has 24 heavy (non-hydrogen) atoms. The van der Waals surface area contributed by atoms with Crippen molar-refractivity contribution in [3.8, 4) is 0 Å². The Bertz CT molecular complexity index is 713. The maximum atomic E-state index is 12.9. The number of carbonyl (C=O) groups excluding carboxylic acids is 2. The van der Waals surface area contributed by atoms with Crippen LogP contribution in [0.2, 0.25) is 0 Å². The van der Waals surface area contributed by atoms with Gasteiger partial charge in [0.05, 0.1) is 11.8 Å². The Hall–Kier alpha value is -2.82. The highest BCUT2D eigenvalue weighted by Gasteiger charge is 2.38. The van der Waals surface area contributed by atoms with Gasteiger partial charge in [-0.1, -0.05) is 67.6 Å². The molecule has 0 N–H and O–H groups in total. The molecule has 0 aliphatic heterocycles. The molecule has 0 aliphatic carbocycles. The van der Waals surface area contributed by atoms with Crippen molar-refractivity contribution < 1.29 is 14.5 Å². The van der Waals surface area contributed by atoms with Gasteiger partial charge in [0.15, 0.2) is 5.78 Å². The Balaban J connectivity index is 2.48. The SMILES string of the molecule is CCC(=O)C(C(=O)c1ccccc1)[C@H](C[N+](=O)[O-])c1ccccc1. The molecule has 0 fully saturated rings. The van der Waals surface area contributed by atoms with E-state index < -0.39 is 23.3 Å². The maximum Gasteiger partial charge on any atom is 0.211 e. The molecule has 2 atom stereocenters.